The lowest BCUT2D eigenvalue weighted by Crippen LogP contribution is -2.13. The van der Waals surface area contributed by atoms with Gasteiger partial charge in [0.15, 0.2) is 0 Å². The highest BCUT2D eigenvalue weighted by Crippen LogP contribution is 2.15. The Labute approximate surface area is 101 Å². The third kappa shape index (κ3) is 4.09. The molecule has 0 aliphatic rings. The summed E-state index contributed by atoms with van der Waals surface area (Å²) in [7, 11) is 0. The summed E-state index contributed by atoms with van der Waals surface area (Å²) in [5.41, 5.74) is 0.497. The van der Waals surface area contributed by atoms with Gasteiger partial charge < -0.3 is 5.32 Å². The van der Waals surface area contributed by atoms with E-state index in [2.05, 4.69) is 38.0 Å². The lowest BCUT2D eigenvalue weighted by Gasteiger charge is -2.05. The maximum absolute atomic E-state index is 11.2. The summed E-state index contributed by atoms with van der Waals surface area (Å²) in [6.45, 7) is 4.43. The van der Waals surface area contributed by atoms with Crippen molar-refractivity contribution in [3.8, 4) is 0 Å². The molecule has 0 bridgehead atoms. The van der Waals surface area contributed by atoms with Gasteiger partial charge in [-0.05, 0) is 15.9 Å². The van der Waals surface area contributed by atoms with Gasteiger partial charge in [-0.25, -0.2) is 5.10 Å². The van der Waals surface area contributed by atoms with Crippen molar-refractivity contribution in [1.82, 2.24) is 10.2 Å². The Morgan fingerprint density at radius 2 is 2.53 bits per heavy atom. The number of aromatic amines is 1. The smallest absolute Gasteiger partial charge is 0.280 e. The molecule has 6 heteroatoms. The second-order valence-corrected chi connectivity index (χ2v) is 4.66. The zero-order valence-electron chi connectivity index (χ0n) is 8.12. The molecule has 82 valence electrons. The molecule has 0 amide bonds. The van der Waals surface area contributed by atoms with Crippen LogP contribution in [0.3, 0.4) is 0 Å². The fourth-order valence-electron chi connectivity index (χ4n) is 0.931. The van der Waals surface area contributed by atoms with Gasteiger partial charge in [-0.3, -0.25) is 4.79 Å². The molecule has 15 heavy (non-hydrogen) atoms. The van der Waals surface area contributed by atoms with Crippen LogP contribution < -0.4 is 10.9 Å². The standard InChI is InChI=1S/C9H12BrN3OS/c1-2-4-15-5-3-11-7-6-12-13-9(14)8(7)10/h2,6H,1,3-5H2,(H2,11,13,14). The van der Waals surface area contributed by atoms with E-state index in [1.54, 1.807) is 18.0 Å². The van der Waals surface area contributed by atoms with Crippen molar-refractivity contribution in [1.29, 1.82) is 0 Å². The highest BCUT2D eigenvalue weighted by molar-refractivity contribution is 9.10. The highest BCUT2D eigenvalue weighted by Gasteiger charge is 2.02. The summed E-state index contributed by atoms with van der Waals surface area (Å²) >= 11 is 4.97. The first kappa shape index (κ1) is 12.3. The molecule has 1 rings (SSSR count). The van der Waals surface area contributed by atoms with Crippen LogP contribution in [0.4, 0.5) is 5.69 Å². The first-order valence-corrected chi connectivity index (χ1v) is 6.36. The van der Waals surface area contributed by atoms with Crippen LogP contribution in [0.25, 0.3) is 0 Å². The molecular formula is C9H12BrN3OS. The topological polar surface area (TPSA) is 57.8 Å². The van der Waals surface area contributed by atoms with Gasteiger partial charge in [0.05, 0.1) is 11.9 Å². The molecule has 0 unspecified atom stereocenters. The van der Waals surface area contributed by atoms with Crippen LogP contribution >= 0.6 is 27.7 Å². The second kappa shape index (κ2) is 6.68. The van der Waals surface area contributed by atoms with Crippen LogP contribution in [0, 0.1) is 0 Å². The SMILES string of the molecule is C=CCSCCNc1cn[nH]c(=O)c1Br. The van der Waals surface area contributed by atoms with Gasteiger partial charge in [0.2, 0.25) is 0 Å². The normalized spacial score (nSPS) is 9.93. The molecule has 1 aromatic rings. The van der Waals surface area contributed by atoms with E-state index in [-0.39, 0.29) is 5.56 Å². The van der Waals surface area contributed by atoms with Crippen molar-refractivity contribution < 1.29 is 0 Å². The van der Waals surface area contributed by atoms with Gasteiger partial charge in [-0.2, -0.15) is 16.9 Å². The van der Waals surface area contributed by atoms with E-state index >= 15 is 0 Å². The predicted molar refractivity (Wildman–Crippen MR) is 68.6 cm³/mol. The monoisotopic (exact) mass is 289 g/mol. The molecular weight excluding hydrogens is 278 g/mol. The van der Waals surface area contributed by atoms with Gasteiger partial charge >= 0.3 is 0 Å². The molecule has 1 heterocycles. The van der Waals surface area contributed by atoms with Gasteiger partial charge in [0.1, 0.15) is 4.47 Å². The zero-order valence-corrected chi connectivity index (χ0v) is 10.5. The molecule has 0 saturated carbocycles. The minimum atomic E-state index is -0.223. The number of thioether (sulfide) groups is 1. The van der Waals surface area contributed by atoms with Crippen LogP contribution in [0.2, 0.25) is 0 Å². The Balaban J connectivity index is 2.41. The van der Waals surface area contributed by atoms with Gasteiger partial charge in [0.25, 0.3) is 5.56 Å². The van der Waals surface area contributed by atoms with Crippen molar-refractivity contribution in [2.24, 2.45) is 0 Å². The maximum atomic E-state index is 11.2. The Bertz CT molecular complexity index is 380. The summed E-state index contributed by atoms with van der Waals surface area (Å²) in [6, 6.07) is 0. The molecule has 0 atom stereocenters. The number of H-pyrrole nitrogens is 1. The molecule has 1 aromatic heterocycles. The number of hydrogen-bond donors (Lipinski definition) is 2. The van der Waals surface area contributed by atoms with E-state index in [0.717, 1.165) is 23.7 Å². The number of aromatic nitrogens is 2. The van der Waals surface area contributed by atoms with Crippen molar-refractivity contribution in [2.75, 3.05) is 23.4 Å². The number of nitrogens with one attached hydrogen (secondary N) is 2. The third-order valence-corrected chi connectivity index (χ3v) is 3.34. The Kier molecular flexibility index (Phi) is 5.49. The first-order chi connectivity index (χ1) is 7.25. The van der Waals surface area contributed by atoms with Gasteiger partial charge in [0, 0.05) is 18.1 Å². The van der Waals surface area contributed by atoms with Gasteiger partial charge in [-0.1, -0.05) is 6.08 Å². The zero-order chi connectivity index (χ0) is 11.1. The molecule has 2 N–H and O–H groups in total. The molecule has 0 aliphatic heterocycles. The van der Waals surface area contributed by atoms with Gasteiger partial charge in [-0.15, -0.1) is 6.58 Å². The predicted octanol–water partition coefficient (Wildman–Crippen LogP) is 1.86. The summed E-state index contributed by atoms with van der Waals surface area (Å²) < 4.78 is 0.492. The Morgan fingerprint density at radius 3 is 3.27 bits per heavy atom. The molecule has 0 saturated heterocycles. The molecule has 0 aliphatic carbocycles. The first-order valence-electron chi connectivity index (χ1n) is 4.41. The second-order valence-electron chi connectivity index (χ2n) is 2.72. The minimum absolute atomic E-state index is 0.223. The fraction of sp³-hybridized carbons (Fsp3) is 0.333. The number of nitrogens with zero attached hydrogens (tertiary/aromatic N) is 1. The highest BCUT2D eigenvalue weighted by atomic mass is 79.9. The van der Waals surface area contributed by atoms with Crippen LogP contribution in [-0.2, 0) is 0 Å². The van der Waals surface area contributed by atoms with Crippen LogP contribution in [0.1, 0.15) is 0 Å². The van der Waals surface area contributed by atoms with Crippen molar-refractivity contribution in [3.63, 3.8) is 0 Å². The molecule has 4 nitrogen and oxygen atoms in total. The minimum Gasteiger partial charge on any atom is -0.382 e. The Morgan fingerprint density at radius 1 is 1.73 bits per heavy atom. The Hall–Kier alpha value is -0.750. The lowest BCUT2D eigenvalue weighted by molar-refractivity contribution is 0.975. The molecule has 0 fully saturated rings. The van der Waals surface area contributed by atoms with Crippen LogP contribution in [-0.4, -0.2) is 28.2 Å². The summed E-state index contributed by atoms with van der Waals surface area (Å²) in [5.74, 6) is 1.90. The van der Waals surface area contributed by atoms with E-state index in [1.165, 1.54) is 0 Å². The van der Waals surface area contributed by atoms with E-state index in [1.807, 2.05) is 6.08 Å². The lowest BCUT2D eigenvalue weighted by atomic mass is 10.4. The summed E-state index contributed by atoms with van der Waals surface area (Å²) in [4.78, 5) is 11.2. The van der Waals surface area contributed by atoms with Crippen LogP contribution in [0.15, 0.2) is 28.1 Å². The third-order valence-electron chi connectivity index (χ3n) is 1.59. The van der Waals surface area contributed by atoms with Crippen LogP contribution in [0.5, 0.6) is 0 Å². The fourth-order valence-corrected chi connectivity index (χ4v) is 1.84. The quantitative estimate of drug-likeness (QED) is 0.620. The average molecular weight is 290 g/mol. The number of anilines is 1. The summed E-state index contributed by atoms with van der Waals surface area (Å²) in [6.07, 6.45) is 3.46. The van der Waals surface area contributed by atoms with Crippen molar-refractivity contribution in [2.45, 2.75) is 0 Å². The van der Waals surface area contributed by atoms with Crippen molar-refractivity contribution in [3.05, 3.63) is 33.7 Å². The van der Waals surface area contributed by atoms with Crippen molar-refractivity contribution >= 4 is 33.4 Å². The number of hydrogen-bond acceptors (Lipinski definition) is 4. The van der Waals surface area contributed by atoms with E-state index in [4.69, 9.17) is 0 Å². The molecule has 0 aromatic carbocycles. The summed E-state index contributed by atoms with van der Waals surface area (Å²) in [5, 5.41) is 9.18. The van der Waals surface area contributed by atoms with E-state index in [0.29, 0.717) is 4.47 Å². The van der Waals surface area contributed by atoms with E-state index < -0.39 is 0 Å². The largest absolute Gasteiger partial charge is 0.382 e. The average Bonchev–Trinajstić information content (AvgIpc) is 2.24. The molecule has 0 radical (unpaired) electrons. The maximum Gasteiger partial charge on any atom is 0.280 e. The molecule has 0 spiro atoms. The number of halogens is 1. The van der Waals surface area contributed by atoms with E-state index in [9.17, 15) is 4.79 Å². The number of rotatable bonds is 6.